The van der Waals surface area contributed by atoms with Gasteiger partial charge in [0, 0.05) is 31.7 Å². The van der Waals surface area contributed by atoms with Crippen molar-refractivity contribution in [2.24, 2.45) is 0 Å². The second kappa shape index (κ2) is 16.8. The summed E-state index contributed by atoms with van der Waals surface area (Å²) in [5.41, 5.74) is 0.651. The van der Waals surface area contributed by atoms with E-state index in [0.717, 1.165) is 22.8 Å². The number of halogens is 6. The van der Waals surface area contributed by atoms with Crippen LogP contribution in [0.1, 0.15) is 51.1 Å². The number of nitrogens with zero attached hydrogens (tertiary/aromatic N) is 8. The summed E-state index contributed by atoms with van der Waals surface area (Å²) < 4.78 is 86.5. The molecular weight excluding hydrogens is 841 g/mol. The summed E-state index contributed by atoms with van der Waals surface area (Å²) in [4.78, 5) is 58.0. The molecule has 2 amide bonds. The van der Waals surface area contributed by atoms with Crippen LogP contribution < -0.4 is 20.5 Å². The van der Waals surface area contributed by atoms with E-state index in [9.17, 15) is 27.6 Å². The number of nitrogens with one attached hydrogen (secondary N) is 1. The Morgan fingerprint density at radius 3 is 2.42 bits per heavy atom. The molecule has 0 unspecified atom stereocenters. The summed E-state index contributed by atoms with van der Waals surface area (Å²) >= 11 is 6.04. The van der Waals surface area contributed by atoms with Crippen molar-refractivity contribution in [1.82, 2.24) is 34.0 Å². The Hall–Kier alpha value is -6.47. The number of carbonyl (C=O) groups excluding carboxylic acids is 2. The van der Waals surface area contributed by atoms with Gasteiger partial charge in [-0.2, -0.15) is 31.5 Å². The highest BCUT2D eigenvalue weighted by atomic mass is 35.5. The molecule has 1 N–H and O–H groups in total. The summed E-state index contributed by atoms with van der Waals surface area (Å²) in [5, 5.41) is 5.72. The Kier molecular flexibility index (Phi) is 11.4. The fourth-order valence-corrected chi connectivity index (χ4v) is 7.72. The SMILES string of the molecule is CCc1c(N2CCN(C(=O)c3ncnc(C)c3OCc3ccccc3)CC2)c(=O)n2nc(-c3ccc4c(c3)CCOC4)nc2n1C(F)(F)C(=O)Nc1ccc(C(F)(F)F)cc1Cl. The van der Waals surface area contributed by atoms with Gasteiger partial charge in [0.05, 0.1) is 40.9 Å². The maximum atomic E-state index is 17.0. The van der Waals surface area contributed by atoms with E-state index in [0.29, 0.717) is 52.1 Å². The Morgan fingerprint density at radius 1 is 0.952 bits per heavy atom. The highest BCUT2D eigenvalue weighted by Gasteiger charge is 2.46. The number of piperazine rings is 1. The number of amides is 2. The van der Waals surface area contributed by atoms with E-state index in [1.54, 1.807) is 30.0 Å². The molecule has 0 saturated carbocycles. The van der Waals surface area contributed by atoms with E-state index in [1.165, 1.54) is 18.2 Å². The van der Waals surface area contributed by atoms with Gasteiger partial charge in [-0.25, -0.2) is 14.5 Å². The third-order valence-electron chi connectivity index (χ3n) is 10.7. The van der Waals surface area contributed by atoms with Crippen LogP contribution in [0.2, 0.25) is 5.02 Å². The fraction of sp³-hybridized carbons (Fsp3) is 0.310. The minimum Gasteiger partial charge on any atom is -0.485 e. The van der Waals surface area contributed by atoms with E-state index < -0.39 is 51.6 Å². The van der Waals surface area contributed by atoms with Gasteiger partial charge < -0.3 is 24.6 Å². The molecule has 6 aromatic rings. The summed E-state index contributed by atoms with van der Waals surface area (Å²) in [5.74, 6) is -2.97. The van der Waals surface area contributed by atoms with Gasteiger partial charge in [0.15, 0.2) is 17.3 Å². The van der Waals surface area contributed by atoms with Crippen LogP contribution in [0.4, 0.5) is 33.3 Å². The quantitative estimate of drug-likeness (QED) is 0.148. The summed E-state index contributed by atoms with van der Waals surface area (Å²) in [6, 6.07) is 11.9. The second-order valence-electron chi connectivity index (χ2n) is 14.6. The van der Waals surface area contributed by atoms with Gasteiger partial charge in [0.2, 0.25) is 5.78 Å². The summed E-state index contributed by atoms with van der Waals surface area (Å²) in [7, 11) is 0. The minimum absolute atomic E-state index is 0.00284. The third-order valence-corrected chi connectivity index (χ3v) is 11.0. The number of aromatic nitrogens is 6. The van der Waals surface area contributed by atoms with E-state index >= 15 is 8.78 Å². The topological polar surface area (TPSA) is 149 Å². The molecule has 3 aromatic heterocycles. The highest BCUT2D eigenvalue weighted by Crippen LogP contribution is 2.37. The average Bonchev–Trinajstić information content (AvgIpc) is 3.71. The predicted molar refractivity (Wildman–Crippen MR) is 216 cm³/mol. The Labute approximate surface area is 354 Å². The van der Waals surface area contributed by atoms with E-state index in [1.807, 2.05) is 35.6 Å². The zero-order valence-corrected chi connectivity index (χ0v) is 33.9. The first-order chi connectivity index (χ1) is 29.6. The van der Waals surface area contributed by atoms with Crippen molar-refractivity contribution < 1.29 is 41.0 Å². The molecule has 62 heavy (non-hydrogen) atoms. The number of alkyl halides is 5. The molecule has 14 nitrogen and oxygen atoms in total. The number of carbonyl (C=O) groups is 2. The summed E-state index contributed by atoms with van der Waals surface area (Å²) in [6.07, 6.45) is -3.17. The normalized spacial score (nSPS) is 14.5. The van der Waals surface area contributed by atoms with Crippen LogP contribution in [0.25, 0.3) is 17.2 Å². The van der Waals surface area contributed by atoms with Crippen LogP contribution in [-0.4, -0.2) is 78.6 Å². The summed E-state index contributed by atoms with van der Waals surface area (Å²) in [6.45, 7) is 4.27. The number of fused-ring (bicyclic) bond motifs is 2. The third kappa shape index (κ3) is 8.04. The van der Waals surface area contributed by atoms with Gasteiger partial charge in [-0.15, -0.1) is 5.10 Å². The number of anilines is 2. The van der Waals surface area contributed by atoms with Crippen LogP contribution in [0.3, 0.4) is 0 Å². The minimum atomic E-state index is -4.78. The molecule has 0 bridgehead atoms. The lowest BCUT2D eigenvalue weighted by Crippen LogP contribution is -2.51. The van der Waals surface area contributed by atoms with Crippen LogP contribution in [0.15, 0.2) is 77.9 Å². The van der Waals surface area contributed by atoms with Crippen LogP contribution in [0, 0.1) is 6.92 Å². The smallest absolute Gasteiger partial charge is 0.416 e. The van der Waals surface area contributed by atoms with Crippen molar-refractivity contribution in [3.8, 4) is 17.1 Å². The molecule has 2 aliphatic heterocycles. The molecular formula is C42H37ClF5N9O5. The molecule has 322 valence electrons. The van der Waals surface area contributed by atoms with Crippen molar-refractivity contribution in [3.05, 3.63) is 128 Å². The maximum absolute atomic E-state index is 17.0. The first kappa shape index (κ1) is 42.2. The van der Waals surface area contributed by atoms with Crippen LogP contribution >= 0.6 is 11.6 Å². The lowest BCUT2D eigenvalue weighted by atomic mass is 10.0. The average molecular weight is 878 g/mol. The van der Waals surface area contributed by atoms with Gasteiger partial charge in [0.25, 0.3) is 11.5 Å². The van der Waals surface area contributed by atoms with Crippen LogP contribution in [0.5, 0.6) is 5.75 Å². The number of hydrogen-bond donors (Lipinski definition) is 1. The monoisotopic (exact) mass is 877 g/mol. The van der Waals surface area contributed by atoms with Crippen molar-refractivity contribution in [3.63, 3.8) is 0 Å². The van der Waals surface area contributed by atoms with Crippen molar-refractivity contribution in [2.75, 3.05) is 43.0 Å². The van der Waals surface area contributed by atoms with Crippen molar-refractivity contribution >= 4 is 40.6 Å². The first-order valence-electron chi connectivity index (χ1n) is 19.5. The molecule has 0 aliphatic carbocycles. The van der Waals surface area contributed by atoms with Gasteiger partial charge in [0.1, 0.15) is 18.6 Å². The highest BCUT2D eigenvalue weighted by molar-refractivity contribution is 6.33. The van der Waals surface area contributed by atoms with Gasteiger partial charge in [-0.3, -0.25) is 14.4 Å². The lowest BCUT2D eigenvalue weighted by molar-refractivity contribution is -0.154. The molecule has 0 atom stereocenters. The molecule has 8 rings (SSSR count). The number of rotatable bonds is 10. The Bertz CT molecular complexity index is 2760. The largest absolute Gasteiger partial charge is 0.485 e. The zero-order chi connectivity index (χ0) is 43.9. The van der Waals surface area contributed by atoms with Crippen LogP contribution in [-0.2, 0) is 47.8 Å². The molecule has 0 spiro atoms. The number of benzene rings is 3. The molecule has 5 heterocycles. The van der Waals surface area contributed by atoms with Gasteiger partial charge >= 0.3 is 18.1 Å². The van der Waals surface area contributed by atoms with E-state index in [2.05, 4.69) is 20.1 Å². The first-order valence-corrected chi connectivity index (χ1v) is 19.9. The van der Waals surface area contributed by atoms with E-state index in [-0.39, 0.29) is 67.9 Å². The van der Waals surface area contributed by atoms with Crippen molar-refractivity contribution in [1.29, 1.82) is 0 Å². The Balaban J connectivity index is 1.15. The molecule has 1 fully saturated rings. The number of ether oxygens (including phenoxy) is 2. The van der Waals surface area contributed by atoms with Crippen molar-refractivity contribution in [2.45, 2.75) is 52.1 Å². The molecule has 0 radical (unpaired) electrons. The molecule has 3 aromatic carbocycles. The van der Waals surface area contributed by atoms with E-state index in [4.69, 9.17) is 21.1 Å². The van der Waals surface area contributed by atoms with Gasteiger partial charge in [-0.1, -0.05) is 61.0 Å². The number of hydrogen-bond acceptors (Lipinski definition) is 10. The lowest BCUT2D eigenvalue weighted by Gasteiger charge is -2.37. The zero-order valence-electron chi connectivity index (χ0n) is 33.2. The second-order valence-corrected chi connectivity index (χ2v) is 15.0. The molecule has 2 aliphatic rings. The standard InChI is InChI=1S/C42H37ClF5N9O5/c1-3-32-34(54-14-16-55(17-15-54)37(58)33-35(24(2)49-23-50-33)62-21-25-7-5-4-6-8-25)38(59)57-40(52-36(53-57)27-9-10-28-22-61-18-13-26(28)19-27)56(32)42(47,48)39(60)51-31-12-11-29(20-30(31)43)41(44,45)46/h4-12,19-20,23H,3,13-18,21-22H2,1-2H3,(H,51,60). The molecule has 20 heteroatoms. The maximum Gasteiger partial charge on any atom is 0.416 e. The fourth-order valence-electron chi connectivity index (χ4n) is 7.49. The Morgan fingerprint density at radius 2 is 1.71 bits per heavy atom. The predicted octanol–water partition coefficient (Wildman–Crippen LogP) is 6.69. The number of aryl methyl sites for hydroxylation is 1. The molecule has 1 saturated heterocycles. The van der Waals surface area contributed by atoms with Gasteiger partial charge in [-0.05, 0) is 60.7 Å².